The molecule has 2 N–H and O–H groups in total. The normalized spacial score (nSPS) is 36.5. The molecule has 0 bridgehead atoms. The molecule has 2 aliphatic rings. The summed E-state index contributed by atoms with van der Waals surface area (Å²) in [7, 11) is 0. The monoisotopic (exact) mass is 299 g/mol. The van der Waals surface area contributed by atoms with Crippen molar-refractivity contribution in [2.24, 2.45) is 0 Å². The Hall–Kier alpha value is -0.900. The van der Waals surface area contributed by atoms with E-state index in [-0.39, 0.29) is 13.2 Å². The Morgan fingerprint density at radius 1 is 1.35 bits per heavy atom. The lowest BCUT2D eigenvalue weighted by molar-refractivity contribution is -0.178. The van der Waals surface area contributed by atoms with E-state index >= 15 is 0 Å². The second-order valence-electron chi connectivity index (χ2n) is 5.20. The van der Waals surface area contributed by atoms with Crippen LogP contribution in [0.1, 0.15) is 13.8 Å². The Bertz CT molecular complexity index is 387. The molecule has 0 saturated carbocycles. The Morgan fingerprint density at radius 3 is 2.50 bits per heavy atom. The second-order valence-corrected chi connectivity index (χ2v) is 5.20. The van der Waals surface area contributed by atoms with Gasteiger partial charge >= 0.3 is 12.1 Å². The number of hydrogen-bond acceptors (Lipinski definition) is 5. The van der Waals surface area contributed by atoms with Crippen molar-refractivity contribution in [3.8, 4) is 0 Å². The van der Waals surface area contributed by atoms with Crippen LogP contribution in [0.15, 0.2) is 0 Å². The molecular formula is C11H16F3NO5. The van der Waals surface area contributed by atoms with E-state index in [0.29, 0.717) is 0 Å². The van der Waals surface area contributed by atoms with Crippen LogP contribution in [-0.4, -0.2) is 60.5 Å². The lowest BCUT2D eigenvalue weighted by atomic mass is 9.98. The van der Waals surface area contributed by atoms with Crippen LogP contribution < -0.4 is 5.32 Å². The molecule has 0 radical (unpaired) electrons. The lowest BCUT2D eigenvalue weighted by Crippen LogP contribution is -2.60. The maximum Gasteiger partial charge on any atom is 0.471 e. The van der Waals surface area contributed by atoms with Crippen molar-refractivity contribution in [2.45, 2.75) is 50.2 Å². The number of ether oxygens (including phenoxy) is 3. The minimum Gasteiger partial charge on any atom is -0.394 e. The zero-order valence-corrected chi connectivity index (χ0v) is 10.9. The first-order chi connectivity index (χ1) is 9.14. The van der Waals surface area contributed by atoms with Crippen LogP contribution >= 0.6 is 0 Å². The highest BCUT2D eigenvalue weighted by atomic mass is 19.4. The van der Waals surface area contributed by atoms with Gasteiger partial charge in [-0.1, -0.05) is 0 Å². The minimum atomic E-state index is -4.97. The number of aliphatic hydroxyl groups excluding tert-OH is 1. The number of rotatable bonds is 2. The molecule has 0 spiro atoms. The minimum absolute atomic E-state index is 0.187. The number of fused-ring (bicyclic) bond motifs is 1. The van der Waals surface area contributed by atoms with Gasteiger partial charge in [0.2, 0.25) is 0 Å². The molecule has 0 aliphatic carbocycles. The van der Waals surface area contributed by atoms with Gasteiger partial charge in [-0.25, -0.2) is 0 Å². The Morgan fingerprint density at radius 2 is 1.95 bits per heavy atom. The summed E-state index contributed by atoms with van der Waals surface area (Å²) in [5.41, 5.74) is 0. The molecule has 0 aromatic carbocycles. The molecule has 0 unspecified atom stereocenters. The Labute approximate surface area is 113 Å². The molecular weight excluding hydrogens is 283 g/mol. The van der Waals surface area contributed by atoms with Crippen molar-refractivity contribution >= 4 is 5.91 Å². The average Bonchev–Trinajstić information content (AvgIpc) is 2.63. The number of carbonyl (C=O) groups excluding carboxylic acids is 1. The zero-order chi connectivity index (χ0) is 15.1. The fourth-order valence-corrected chi connectivity index (χ4v) is 2.36. The molecule has 9 heteroatoms. The lowest BCUT2D eigenvalue weighted by Gasteiger charge is -2.36. The molecule has 2 aliphatic heterocycles. The summed E-state index contributed by atoms with van der Waals surface area (Å²) < 4.78 is 53.1. The summed E-state index contributed by atoms with van der Waals surface area (Å²) in [4.78, 5) is 11.0. The smallest absolute Gasteiger partial charge is 0.394 e. The van der Waals surface area contributed by atoms with Gasteiger partial charge in [-0.15, -0.1) is 0 Å². The predicted molar refractivity (Wildman–Crippen MR) is 58.6 cm³/mol. The van der Waals surface area contributed by atoms with Crippen LogP contribution in [0.5, 0.6) is 0 Å². The fourth-order valence-electron chi connectivity index (χ4n) is 2.36. The fraction of sp³-hybridized carbons (Fsp3) is 0.909. The van der Waals surface area contributed by atoms with Crippen LogP contribution in [0.4, 0.5) is 13.2 Å². The average molecular weight is 299 g/mol. The van der Waals surface area contributed by atoms with Crippen molar-refractivity contribution in [3.05, 3.63) is 0 Å². The van der Waals surface area contributed by atoms with Gasteiger partial charge in [0.1, 0.15) is 18.3 Å². The van der Waals surface area contributed by atoms with Crippen LogP contribution in [0, 0.1) is 0 Å². The summed E-state index contributed by atoms with van der Waals surface area (Å²) in [5.74, 6) is -3.07. The molecule has 1 amide bonds. The molecule has 0 aromatic heterocycles. The number of hydrogen-bond donors (Lipinski definition) is 2. The molecule has 0 aromatic rings. The molecule has 2 fully saturated rings. The van der Waals surface area contributed by atoms with Crippen LogP contribution in [0.2, 0.25) is 0 Å². The van der Waals surface area contributed by atoms with Gasteiger partial charge in [0.25, 0.3) is 0 Å². The van der Waals surface area contributed by atoms with Crippen LogP contribution in [-0.2, 0) is 19.0 Å². The molecule has 20 heavy (non-hydrogen) atoms. The molecule has 116 valence electrons. The van der Waals surface area contributed by atoms with E-state index in [2.05, 4.69) is 0 Å². The van der Waals surface area contributed by atoms with E-state index < -0.39 is 42.2 Å². The highest BCUT2D eigenvalue weighted by molar-refractivity contribution is 5.82. The van der Waals surface area contributed by atoms with Crippen LogP contribution in [0.3, 0.4) is 0 Å². The maximum atomic E-state index is 12.3. The van der Waals surface area contributed by atoms with Crippen molar-refractivity contribution in [1.82, 2.24) is 5.32 Å². The standard InChI is InChI=1S/C11H16F3NO5/c1-10(2)19-7-5(15-9(17)11(12,13)14)4-18-6(3-16)8(7)20-10/h5-8,16H,3-4H2,1-2H3,(H,15,17)/t5-,6-,7-,8+/m1/s1. The van der Waals surface area contributed by atoms with E-state index in [1.165, 1.54) is 0 Å². The van der Waals surface area contributed by atoms with E-state index in [0.717, 1.165) is 0 Å². The number of carbonyl (C=O) groups is 1. The van der Waals surface area contributed by atoms with Crippen molar-refractivity contribution < 1.29 is 37.3 Å². The van der Waals surface area contributed by atoms with Gasteiger partial charge in [-0.2, -0.15) is 13.2 Å². The predicted octanol–water partition coefficient (Wildman–Crippen LogP) is -0.0553. The Balaban J connectivity index is 2.10. The maximum absolute atomic E-state index is 12.3. The van der Waals surface area contributed by atoms with Gasteiger partial charge in [0.15, 0.2) is 5.79 Å². The number of halogens is 3. The summed E-state index contributed by atoms with van der Waals surface area (Å²) in [6.45, 7) is 2.67. The number of alkyl halides is 3. The molecule has 2 rings (SSSR count). The van der Waals surface area contributed by atoms with Gasteiger partial charge in [-0.05, 0) is 13.8 Å². The van der Waals surface area contributed by atoms with E-state index in [1.54, 1.807) is 13.8 Å². The number of aliphatic hydroxyl groups is 1. The first-order valence-corrected chi connectivity index (χ1v) is 6.10. The third-order valence-electron chi connectivity index (χ3n) is 3.17. The molecule has 2 saturated heterocycles. The quantitative estimate of drug-likeness (QED) is 0.747. The second kappa shape index (κ2) is 5.14. The first kappa shape index (κ1) is 15.5. The van der Waals surface area contributed by atoms with Gasteiger partial charge in [0, 0.05) is 0 Å². The summed E-state index contributed by atoms with van der Waals surface area (Å²) in [5, 5.41) is 11.0. The SMILES string of the molecule is CC1(C)O[C@@H]2[C@H](O1)[C@H](NC(=O)C(F)(F)F)CO[C@@H]2CO. The molecule has 4 atom stereocenters. The summed E-state index contributed by atoms with van der Waals surface area (Å²) >= 11 is 0. The molecule has 2 heterocycles. The van der Waals surface area contributed by atoms with Gasteiger partial charge in [-0.3, -0.25) is 4.79 Å². The van der Waals surface area contributed by atoms with Crippen LogP contribution in [0.25, 0.3) is 0 Å². The Kier molecular flexibility index (Phi) is 3.98. The first-order valence-electron chi connectivity index (χ1n) is 6.10. The van der Waals surface area contributed by atoms with E-state index in [1.807, 2.05) is 5.32 Å². The third kappa shape index (κ3) is 3.05. The third-order valence-corrected chi connectivity index (χ3v) is 3.17. The highest BCUT2D eigenvalue weighted by Gasteiger charge is 2.53. The van der Waals surface area contributed by atoms with E-state index in [9.17, 15) is 23.1 Å². The summed E-state index contributed by atoms with van der Waals surface area (Å²) in [6.07, 6.45) is -7.21. The van der Waals surface area contributed by atoms with Crippen molar-refractivity contribution in [2.75, 3.05) is 13.2 Å². The highest BCUT2D eigenvalue weighted by Crippen LogP contribution is 2.35. The van der Waals surface area contributed by atoms with Crippen molar-refractivity contribution in [3.63, 3.8) is 0 Å². The van der Waals surface area contributed by atoms with Crippen molar-refractivity contribution in [1.29, 1.82) is 0 Å². The van der Waals surface area contributed by atoms with E-state index in [4.69, 9.17) is 14.2 Å². The topological polar surface area (TPSA) is 77.0 Å². The largest absolute Gasteiger partial charge is 0.471 e. The number of nitrogens with one attached hydrogen (secondary N) is 1. The zero-order valence-electron chi connectivity index (χ0n) is 10.9. The summed E-state index contributed by atoms with van der Waals surface area (Å²) in [6, 6.07) is -0.987. The number of amides is 1. The van der Waals surface area contributed by atoms with Gasteiger partial charge in [0.05, 0.1) is 19.3 Å². The van der Waals surface area contributed by atoms with Gasteiger partial charge < -0.3 is 24.6 Å². The molecule has 6 nitrogen and oxygen atoms in total.